The van der Waals surface area contributed by atoms with Gasteiger partial charge in [-0.2, -0.15) is 9.61 Å². The van der Waals surface area contributed by atoms with E-state index >= 15 is 0 Å². The van der Waals surface area contributed by atoms with Gasteiger partial charge in [-0.25, -0.2) is 15.0 Å². The topological polar surface area (TPSA) is 155 Å². The molecule has 3 N–H and O–H groups in total. The monoisotopic (exact) mass is 892 g/mol. The smallest absolute Gasteiger partial charge is 0.253 e. The number of ether oxygens (including phenoxy) is 2. The zero-order valence-corrected chi connectivity index (χ0v) is 38.9. The van der Waals surface area contributed by atoms with Crippen molar-refractivity contribution in [3.8, 4) is 17.0 Å². The number of methoxy groups -OCH3 is 1. The molecule has 0 radical (unpaired) electrons. The van der Waals surface area contributed by atoms with Crippen LogP contribution in [0.2, 0.25) is 0 Å². The number of para-hydroxylation sites is 1. The van der Waals surface area contributed by atoms with Crippen LogP contribution in [0.15, 0.2) is 104 Å². The summed E-state index contributed by atoms with van der Waals surface area (Å²) in [4.78, 5) is 39.4. The highest BCUT2D eigenvalue weighted by molar-refractivity contribution is 6.06. The number of benzene rings is 2. The van der Waals surface area contributed by atoms with E-state index in [9.17, 15) is 4.79 Å². The van der Waals surface area contributed by atoms with E-state index < -0.39 is 0 Å². The van der Waals surface area contributed by atoms with Gasteiger partial charge in [0.15, 0.2) is 5.65 Å². The number of carbonyl (C=O) groups excluding carboxylic acids is 1. The first-order chi connectivity index (χ1) is 32.1. The number of piperidine rings is 1. The van der Waals surface area contributed by atoms with Crippen molar-refractivity contribution in [1.82, 2.24) is 39.0 Å². The van der Waals surface area contributed by atoms with Crippen LogP contribution in [0.25, 0.3) is 27.8 Å². The molecule has 1 fully saturated rings. The lowest BCUT2D eigenvalue weighted by Gasteiger charge is -2.37. The molecule has 0 unspecified atom stereocenters. The fourth-order valence-electron chi connectivity index (χ4n) is 8.46. The molecule has 66 heavy (non-hydrogen) atoms. The minimum Gasteiger partial charge on any atom is -0.494 e. The van der Waals surface area contributed by atoms with Gasteiger partial charge in [-0.3, -0.25) is 9.78 Å². The van der Waals surface area contributed by atoms with Crippen LogP contribution in [0.1, 0.15) is 43.7 Å². The van der Waals surface area contributed by atoms with Gasteiger partial charge in [0.2, 0.25) is 5.95 Å². The number of hydrogen-bond acceptors (Lipinski definition) is 13. The van der Waals surface area contributed by atoms with Gasteiger partial charge in [-0.05, 0) is 76.0 Å². The maximum atomic E-state index is 13.9. The highest BCUT2D eigenvalue weighted by Gasteiger charge is 2.26. The molecule has 8 rings (SSSR count). The van der Waals surface area contributed by atoms with E-state index in [-0.39, 0.29) is 18.6 Å². The Hall–Kier alpha value is -7.04. The van der Waals surface area contributed by atoms with Gasteiger partial charge in [0.1, 0.15) is 17.4 Å². The molecule has 5 aromatic heterocycles. The van der Waals surface area contributed by atoms with E-state index in [0.29, 0.717) is 48.3 Å². The Morgan fingerprint density at radius 3 is 2.65 bits per heavy atom. The van der Waals surface area contributed by atoms with E-state index in [1.807, 2.05) is 81.5 Å². The maximum absolute atomic E-state index is 13.9. The van der Waals surface area contributed by atoms with Gasteiger partial charge in [-0.15, -0.1) is 0 Å². The lowest BCUT2D eigenvalue weighted by Crippen LogP contribution is -2.41. The highest BCUT2D eigenvalue weighted by Crippen LogP contribution is 2.39. The van der Waals surface area contributed by atoms with E-state index in [0.717, 1.165) is 101 Å². The largest absolute Gasteiger partial charge is 0.494 e. The molecular weight excluding hydrogens is 831 g/mol. The van der Waals surface area contributed by atoms with Crippen LogP contribution in [0.4, 0.5) is 34.6 Å². The predicted octanol–water partition coefficient (Wildman–Crippen LogP) is 7.96. The number of aryl methyl sites for hydroxylation is 2. The Kier molecular flexibility index (Phi) is 14.4. The number of carbonyl (C=O) groups is 1. The van der Waals surface area contributed by atoms with Crippen LogP contribution in [-0.2, 0) is 29.5 Å². The van der Waals surface area contributed by atoms with Crippen LogP contribution in [-0.4, -0.2) is 112 Å². The SMILES string of the molecule is C=C(COCC[C@@H]1CCCCN1c1cc(NCc2cccnc2)n2ncc(CC)c2n1)C(=O)Nc1cc(Nc2nccc(-c3cn(C)c4ccccc34)n2)c(OC)cc1N(C)CCN(C)C. The standard InChI is InChI=1S/C50H61N13O3/c1-8-36-31-54-63-46(53-30-35-14-13-20-51-29-35)28-47(58-48(36)63)62-22-12-11-15-37(62)19-25-66-33-34(2)49(64)55-41-26-42(45(65-7)27-44(41)60(5)24-23-59(3)4)57-50-52-21-18-40(56-50)39-32-61(6)43-17-10-9-16-38(39)43/h9-10,13-14,16-18,20-21,26-29,31-32,37,53H,2,8,11-12,15,19,22-25,30,33H2,1,3-7H3,(H,55,64)(H,52,56,57)/t37-/m0/s1. The van der Waals surface area contributed by atoms with Crippen molar-refractivity contribution >= 4 is 57.1 Å². The van der Waals surface area contributed by atoms with E-state index in [1.165, 1.54) is 0 Å². The molecule has 1 saturated heterocycles. The minimum absolute atomic E-state index is 0.0860. The molecular formula is C50H61N13O3. The molecule has 2 aromatic carbocycles. The molecule has 7 aromatic rings. The number of likely N-dealkylation sites (N-methyl/N-ethyl adjacent to an activating group) is 2. The van der Waals surface area contributed by atoms with Crippen LogP contribution < -0.4 is 30.5 Å². The summed E-state index contributed by atoms with van der Waals surface area (Å²) < 4.78 is 16.1. The fraction of sp³-hybridized carbons (Fsp3) is 0.360. The number of aromatic nitrogens is 7. The van der Waals surface area contributed by atoms with Crippen LogP contribution >= 0.6 is 0 Å². The van der Waals surface area contributed by atoms with Gasteiger partial charge >= 0.3 is 0 Å². The first-order valence-electron chi connectivity index (χ1n) is 22.7. The van der Waals surface area contributed by atoms with Crippen LogP contribution in [0.3, 0.4) is 0 Å². The summed E-state index contributed by atoms with van der Waals surface area (Å²) >= 11 is 0. The third-order valence-corrected chi connectivity index (χ3v) is 12.2. The fourth-order valence-corrected chi connectivity index (χ4v) is 8.46. The third kappa shape index (κ3) is 10.4. The maximum Gasteiger partial charge on any atom is 0.253 e. The number of anilines is 6. The Balaban J connectivity index is 0.948. The number of hydrogen-bond donors (Lipinski definition) is 3. The number of pyridine rings is 1. The number of amides is 1. The van der Waals surface area contributed by atoms with Crippen molar-refractivity contribution in [2.75, 3.05) is 86.9 Å². The average molecular weight is 892 g/mol. The normalized spacial score (nSPS) is 13.9. The highest BCUT2D eigenvalue weighted by atomic mass is 16.5. The average Bonchev–Trinajstić information content (AvgIpc) is 3.92. The Morgan fingerprint density at radius 2 is 1.85 bits per heavy atom. The second-order valence-corrected chi connectivity index (χ2v) is 17.1. The van der Waals surface area contributed by atoms with Crippen molar-refractivity contribution in [2.24, 2.45) is 7.05 Å². The third-order valence-electron chi connectivity index (χ3n) is 12.2. The summed E-state index contributed by atoms with van der Waals surface area (Å²) in [6.45, 7) is 9.84. The molecule has 0 spiro atoms. The Labute approximate surface area is 386 Å². The van der Waals surface area contributed by atoms with Crippen molar-refractivity contribution < 1.29 is 14.3 Å². The van der Waals surface area contributed by atoms with Gasteiger partial charge in [0.25, 0.3) is 5.91 Å². The van der Waals surface area contributed by atoms with E-state index in [2.05, 4.69) is 94.2 Å². The number of fused-ring (bicyclic) bond motifs is 2. The number of nitrogens with zero attached hydrogens (tertiary/aromatic N) is 10. The predicted molar refractivity (Wildman–Crippen MR) is 264 cm³/mol. The molecule has 0 aliphatic carbocycles. The molecule has 344 valence electrons. The van der Waals surface area contributed by atoms with Gasteiger partial charge < -0.3 is 44.7 Å². The molecule has 16 heteroatoms. The molecule has 1 aliphatic heterocycles. The molecule has 0 bridgehead atoms. The summed E-state index contributed by atoms with van der Waals surface area (Å²) in [7, 11) is 9.71. The second-order valence-electron chi connectivity index (χ2n) is 17.1. The first kappa shape index (κ1) is 45.5. The molecule has 0 saturated carbocycles. The molecule has 16 nitrogen and oxygen atoms in total. The van der Waals surface area contributed by atoms with Crippen LogP contribution in [0, 0.1) is 0 Å². The zero-order chi connectivity index (χ0) is 46.2. The first-order valence-corrected chi connectivity index (χ1v) is 22.7. The molecule has 1 atom stereocenters. The van der Waals surface area contributed by atoms with Gasteiger partial charge in [-0.1, -0.05) is 37.8 Å². The lowest BCUT2D eigenvalue weighted by atomic mass is 9.99. The molecule has 6 heterocycles. The lowest BCUT2D eigenvalue weighted by molar-refractivity contribution is -0.113. The summed E-state index contributed by atoms with van der Waals surface area (Å²) in [5, 5.41) is 15.9. The quantitative estimate of drug-likeness (QED) is 0.0501. The van der Waals surface area contributed by atoms with E-state index in [1.54, 1.807) is 19.5 Å². The Morgan fingerprint density at radius 1 is 0.985 bits per heavy atom. The van der Waals surface area contributed by atoms with Crippen LogP contribution in [0.5, 0.6) is 5.75 Å². The van der Waals surface area contributed by atoms with Crippen molar-refractivity contribution in [3.05, 3.63) is 115 Å². The van der Waals surface area contributed by atoms with Crippen molar-refractivity contribution in [3.63, 3.8) is 0 Å². The van der Waals surface area contributed by atoms with Crippen molar-refractivity contribution in [1.29, 1.82) is 0 Å². The Bertz CT molecular complexity index is 2790. The van der Waals surface area contributed by atoms with Gasteiger partial charge in [0.05, 0.1) is 42.7 Å². The summed E-state index contributed by atoms with van der Waals surface area (Å²) in [5.41, 5.74) is 8.21. The number of rotatable bonds is 20. The van der Waals surface area contributed by atoms with E-state index in [4.69, 9.17) is 19.4 Å². The van der Waals surface area contributed by atoms with Crippen molar-refractivity contribution in [2.45, 2.75) is 51.6 Å². The number of nitrogens with one attached hydrogen (secondary N) is 3. The summed E-state index contributed by atoms with van der Waals surface area (Å²) in [5.74, 6) is 2.43. The summed E-state index contributed by atoms with van der Waals surface area (Å²) in [6, 6.07) is 20.2. The summed E-state index contributed by atoms with van der Waals surface area (Å²) in [6.07, 6.45) is 14.2. The molecule has 1 amide bonds. The minimum atomic E-state index is -0.335. The second kappa shape index (κ2) is 20.9. The molecule has 1 aliphatic rings. The van der Waals surface area contributed by atoms with Gasteiger partial charge in [0, 0.05) is 117 Å². The zero-order valence-electron chi connectivity index (χ0n) is 38.9.